The molecule has 0 saturated carbocycles. The number of ketones is 1. The predicted molar refractivity (Wildman–Crippen MR) is 134 cm³/mol. The Hall–Kier alpha value is -1.46. The minimum absolute atomic E-state index is 0.0468. The highest BCUT2D eigenvalue weighted by molar-refractivity contribution is 5.99. The van der Waals surface area contributed by atoms with Gasteiger partial charge in [0, 0.05) is 0 Å². The fraction of sp³-hybridized carbons (Fsp3) is 0.778. The summed E-state index contributed by atoms with van der Waals surface area (Å²) < 4.78 is 0.304. The van der Waals surface area contributed by atoms with E-state index in [0.29, 0.717) is 4.48 Å². The summed E-state index contributed by atoms with van der Waals surface area (Å²) in [7, 11) is 5.46. The second-order valence-electron chi connectivity index (χ2n) is 10.2. The van der Waals surface area contributed by atoms with Crippen LogP contribution in [0.2, 0.25) is 0 Å². The number of quaternary nitrogens is 1. The number of carboxylic acid groups (broad SMARTS) is 1. The van der Waals surface area contributed by atoms with E-state index < -0.39 is 23.8 Å². The third-order valence-electron chi connectivity index (χ3n) is 5.61. The summed E-state index contributed by atoms with van der Waals surface area (Å²) >= 11 is 0. The second-order valence-corrected chi connectivity index (χ2v) is 10.2. The third-order valence-corrected chi connectivity index (χ3v) is 5.61. The van der Waals surface area contributed by atoms with E-state index in [1.165, 1.54) is 83.1 Å². The average molecular weight is 453 g/mol. The van der Waals surface area contributed by atoms with E-state index in [1.807, 2.05) is 33.3 Å². The molecule has 0 aromatic carbocycles. The van der Waals surface area contributed by atoms with E-state index in [2.05, 4.69) is 6.92 Å². The maximum atomic E-state index is 12.4. The van der Waals surface area contributed by atoms with Crippen LogP contribution < -0.4 is 0 Å². The first-order chi connectivity index (χ1) is 15.1. The lowest BCUT2D eigenvalue weighted by Crippen LogP contribution is -2.54. The van der Waals surface area contributed by atoms with Gasteiger partial charge >= 0.3 is 5.97 Å². The molecule has 0 aliphatic carbocycles. The number of hydrogen-bond donors (Lipinski definition) is 2. The lowest BCUT2D eigenvalue weighted by molar-refractivity contribution is -0.875. The van der Waals surface area contributed by atoms with Crippen molar-refractivity contribution >= 4 is 11.8 Å². The van der Waals surface area contributed by atoms with Gasteiger partial charge in [0.1, 0.15) is 6.54 Å². The molecule has 0 spiro atoms. The van der Waals surface area contributed by atoms with Crippen molar-refractivity contribution in [2.45, 2.75) is 109 Å². The summed E-state index contributed by atoms with van der Waals surface area (Å²) in [6, 6.07) is 0. The molecular formula is C27H50NO4+. The summed E-state index contributed by atoms with van der Waals surface area (Å²) in [4.78, 5) is 23.5. The van der Waals surface area contributed by atoms with Crippen molar-refractivity contribution in [2.75, 3.05) is 27.7 Å². The van der Waals surface area contributed by atoms with Gasteiger partial charge in [-0.2, -0.15) is 0 Å². The largest absolute Gasteiger partial charge is 0.481 e. The number of allylic oxidation sites excluding steroid dienone is 3. The van der Waals surface area contributed by atoms with E-state index in [0.717, 1.165) is 12.8 Å². The lowest BCUT2D eigenvalue weighted by atomic mass is 9.92. The van der Waals surface area contributed by atoms with E-state index in [4.69, 9.17) is 5.11 Å². The van der Waals surface area contributed by atoms with E-state index in [1.54, 1.807) is 6.08 Å². The third kappa shape index (κ3) is 18.1. The van der Waals surface area contributed by atoms with Gasteiger partial charge in [-0.1, -0.05) is 102 Å². The smallest absolute Gasteiger partial charge is 0.307 e. The molecule has 1 atom stereocenters. The van der Waals surface area contributed by atoms with Crippen LogP contribution in [0.3, 0.4) is 0 Å². The number of carboxylic acids is 1. The van der Waals surface area contributed by atoms with E-state index >= 15 is 0 Å². The number of hydrogen-bond acceptors (Lipinski definition) is 3. The van der Waals surface area contributed by atoms with Crippen molar-refractivity contribution in [1.82, 2.24) is 0 Å². The Morgan fingerprint density at radius 3 is 1.69 bits per heavy atom. The Bertz CT molecular complexity index is 562. The molecule has 0 aromatic rings. The molecule has 1 unspecified atom stereocenters. The molecule has 0 bridgehead atoms. The van der Waals surface area contributed by atoms with Crippen LogP contribution in [-0.2, 0) is 9.59 Å². The van der Waals surface area contributed by atoms with Crippen LogP contribution in [0.1, 0.15) is 103 Å². The van der Waals surface area contributed by atoms with Gasteiger partial charge in [-0.3, -0.25) is 9.59 Å². The van der Waals surface area contributed by atoms with Crippen LogP contribution >= 0.6 is 0 Å². The molecule has 0 aliphatic heterocycles. The van der Waals surface area contributed by atoms with Crippen LogP contribution in [0, 0.1) is 0 Å². The zero-order chi connectivity index (χ0) is 24.3. The van der Waals surface area contributed by atoms with E-state index in [9.17, 15) is 14.7 Å². The number of rotatable bonds is 21. The van der Waals surface area contributed by atoms with Crippen molar-refractivity contribution in [3.8, 4) is 0 Å². The fourth-order valence-electron chi connectivity index (χ4n) is 4.01. The first-order valence-electron chi connectivity index (χ1n) is 12.7. The molecule has 0 aromatic heterocycles. The Labute approximate surface area is 197 Å². The average Bonchev–Trinajstić information content (AvgIpc) is 2.68. The fourth-order valence-corrected chi connectivity index (χ4v) is 4.01. The van der Waals surface area contributed by atoms with Crippen molar-refractivity contribution in [1.29, 1.82) is 0 Å². The maximum Gasteiger partial charge on any atom is 0.307 e. The molecule has 0 amide bonds. The molecule has 0 rings (SSSR count). The van der Waals surface area contributed by atoms with Crippen LogP contribution in [0.4, 0.5) is 0 Å². The first kappa shape index (κ1) is 30.5. The first-order valence-corrected chi connectivity index (χ1v) is 12.7. The lowest BCUT2D eigenvalue weighted by Gasteiger charge is -2.33. The van der Waals surface area contributed by atoms with Crippen LogP contribution in [-0.4, -0.2) is 59.7 Å². The molecule has 5 heteroatoms. The summed E-state index contributed by atoms with van der Waals surface area (Å²) in [5.74, 6) is -1.74. The number of nitrogens with zero attached hydrogens (tertiary/aromatic N) is 1. The zero-order valence-electron chi connectivity index (χ0n) is 21.3. The molecule has 0 radical (unpaired) electrons. The molecule has 2 N–H and O–H groups in total. The summed E-state index contributed by atoms with van der Waals surface area (Å²) in [6.07, 6.45) is 24.5. The van der Waals surface area contributed by atoms with Gasteiger partial charge in [-0.25, -0.2) is 0 Å². The minimum atomic E-state index is -1.89. The molecule has 0 aliphatic rings. The molecule has 0 heterocycles. The highest BCUT2D eigenvalue weighted by Gasteiger charge is 2.41. The second kappa shape index (κ2) is 18.0. The number of unbranched alkanes of at least 4 members (excludes halogenated alkanes) is 13. The Morgan fingerprint density at radius 1 is 0.781 bits per heavy atom. The van der Waals surface area contributed by atoms with Gasteiger partial charge in [0.2, 0.25) is 0 Å². The number of carbonyl (C=O) groups excluding carboxylic acids is 1. The molecule has 0 saturated heterocycles. The minimum Gasteiger partial charge on any atom is -0.481 e. The van der Waals surface area contributed by atoms with Gasteiger partial charge in [0.15, 0.2) is 11.4 Å². The van der Waals surface area contributed by atoms with Gasteiger partial charge in [0.05, 0.1) is 27.6 Å². The summed E-state index contributed by atoms with van der Waals surface area (Å²) in [5, 5.41) is 19.7. The number of aliphatic hydroxyl groups is 1. The quantitative estimate of drug-likeness (QED) is 0.0960. The van der Waals surface area contributed by atoms with Gasteiger partial charge in [-0.15, -0.1) is 0 Å². The molecule has 0 fully saturated rings. The Morgan fingerprint density at radius 2 is 1.25 bits per heavy atom. The van der Waals surface area contributed by atoms with Crippen molar-refractivity contribution in [3.05, 3.63) is 24.3 Å². The Kier molecular flexibility index (Phi) is 17.2. The molecule has 5 nitrogen and oxygen atoms in total. The molecule has 186 valence electrons. The normalized spacial score (nSPS) is 14.3. The van der Waals surface area contributed by atoms with Gasteiger partial charge < -0.3 is 14.7 Å². The highest BCUT2D eigenvalue weighted by Crippen LogP contribution is 2.17. The van der Waals surface area contributed by atoms with Crippen molar-refractivity contribution in [3.63, 3.8) is 0 Å². The van der Waals surface area contributed by atoms with Gasteiger partial charge in [0.25, 0.3) is 0 Å². The maximum absolute atomic E-state index is 12.4. The summed E-state index contributed by atoms with van der Waals surface area (Å²) in [5.41, 5.74) is -1.89. The van der Waals surface area contributed by atoms with Crippen LogP contribution in [0.25, 0.3) is 0 Å². The van der Waals surface area contributed by atoms with Crippen LogP contribution in [0.15, 0.2) is 24.3 Å². The monoisotopic (exact) mass is 452 g/mol. The molecule has 32 heavy (non-hydrogen) atoms. The highest BCUT2D eigenvalue weighted by atomic mass is 16.4. The number of likely N-dealkylation sites (N-methyl/N-ethyl adjacent to an activating group) is 1. The summed E-state index contributed by atoms with van der Waals surface area (Å²) in [6.45, 7) is 2.31. The van der Waals surface area contributed by atoms with Crippen LogP contribution in [0.5, 0.6) is 0 Å². The van der Waals surface area contributed by atoms with Crippen molar-refractivity contribution < 1.29 is 24.3 Å². The van der Waals surface area contributed by atoms with Crippen molar-refractivity contribution in [2.24, 2.45) is 0 Å². The molecular weight excluding hydrogens is 402 g/mol. The zero-order valence-corrected chi connectivity index (χ0v) is 21.3. The van der Waals surface area contributed by atoms with E-state index in [-0.39, 0.29) is 6.54 Å². The predicted octanol–water partition coefficient (Wildman–Crippen LogP) is 6.06. The SMILES string of the molecule is CCCCCCCCCCCCCCCC=CC=CC(=O)C(O)(CC(=O)O)C[N+](C)(C)C. The number of carbonyl (C=O) groups is 2. The number of aliphatic carboxylic acids is 1. The Balaban J connectivity index is 3.90. The van der Waals surface area contributed by atoms with Gasteiger partial charge in [-0.05, 0) is 18.9 Å². The standard InChI is InChI=1S/C27H49NO4/c1-5-6-7-8-9-10-11-12-13-14-15-16-17-18-19-20-21-22-25(29)27(32,23-26(30)31)24-28(2,3)4/h19-22,32H,5-18,23-24H2,1-4H3/p+1. The topological polar surface area (TPSA) is 74.6 Å².